The zero-order chi connectivity index (χ0) is 23.0. The van der Waals surface area contributed by atoms with E-state index in [1.807, 2.05) is 12.2 Å². The summed E-state index contributed by atoms with van der Waals surface area (Å²) >= 11 is 0. The highest BCUT2D eigenvalue weighted by Gasteiger charge is 2.44. The number of benzene rings is 1. The van der Waals surface area contributed by atoms with Crippen LogP contribution in [0.1, 0.15) is 44.9 Å². The monoisotopic (exact) mass is 450 g/mol. The molecule has 1 aromatic rings. The molecule has 3 atom stereocenters. The molecule has 2 aliphatic rings. The Morgan fingerprint density at radius 3 is 2.62 bits per heavy atom. The van der Waals surface area contributed by atoms with Gasteiger partial charge in [-0.25, -0.2) is 4.39 Å². The van der Waals surface area contributed by atoms with E-state index in [9.17, 15) is 19.1 Å². The molecule has 0 aromatic heterocycles. The lowest BCUT2D eigenvalue weighted by Gasteiger charge is -2.29. The molecule has 1 heterocycles. The topological polar surface area (TPSA) is 102 Å². The largest absolute Gasteiger partial charge is 0.488 e. The molecule has 7 nitrogen and oxygen atoms in total. The van der Waals surface area contributed by atoms with Crippen LogP contribution < -0.4 is 4.74 Å². The number of ketones is 1. The fraction of sp³-hybridized carbons (Fsp3) is 0.583. The fourth-order valence-corrected chi connectivity index (χ4v) is 4.35. The van der Waals surface area contributed by atoms with E-state index in [0.717, 1.165) is 0 Å². The number of carbonyl (C=O) groups is 2. The van der Waals surface area contributed by atoms with Gasteiger partial charge >= 0.3 is 5.97 Å². The highest BCUT2D eigenvalue weighted by Crippen LogP contribution is 2.38. The number of carboxylic acids is 1. The van der Waals surface area contributed by atoms with Gasteiger partial charge in [0.1, 0.15) is 24.0 Å². The Morgan fingerprint density at radius 1 is 1.22 bits per heavy atom. The molecule has 176 valence electrons. The van der Waals surface area contributed by atoms with Crippen LogP contribution in [0, 0.1) is 17.7 Å². The molecule has 2 fully saturated rings. The first-order chi connectivity index (χ1) is 15.4. The average Bonchev–Trinajstić information content (AvgIpc) is 3.33. The average molecular weight is 451 g/mol. The van der Waals surface area contributed by atoms with Crippen molar-refractivity contribution in [2.75, 3.05) is 19.8 Å². The maximum Gasteiger partial charge on any atom is 0.303 e. The van der Waals surface area contributed by atoms with Crippen LogP contribution in [0.25, 0.3) is 0 Å². The molecule has 1 saturated carbocycles. The number of ether oxygens (including phenoxy) is 3. The summed E-state index contributed by atoms with van der Waals surface area (Å²) in [5.41, 5.74) is 0. The first-order valence-electron chi connectivity index (χ1n) is 11.1. The molecule has 1 aromatic carbocycles. The Morgan fingerprint density at radius 2 is 1.94 bits per heavy atom. The van der Waals surface area contributed by atoms with Crippen molar-refractivity contribution in [2.24, 2.45) is 11.8 Å². The quantitative estimate of drug-likeness (QED) is 0.371. The molecule has 0 bridgehead atoms. The smallest absolute Gasteiger partial charge is 0.303 e. The third kappa shape index (κ3) is 6.85. The molecule has 0 spiro atoms. The van der Waals surface area contributed by atoms with Gasteiger partial charge in [-0.05, 0) is 55.9 Å². The minimum atomic E-state index is -0.973. The van der Waals surface area contributed by atoms with Gasteiger partial charge in [-0.15, -0.1) is 0 Å². The van der Waals surface area contributed by atoms with Crippen molar-refractivity contribution in [1.82, 2.24) is 0 Å². The summed E-state index contributed by atoms with van der Waals surface area (Å²) in [7, 11) is 0. The van der Waals surface area contributed by atoms with Gasteiger partial charge in [0.05, 0.1) is 19.3 Å². The van der Waals surface area contributed by atoms with E-state index >= 15 is 0 Å². The van der Waals surface area contributed by atoms with Crippen molar-refractivity contribution >= 4 is 11.8 Å². The molecule has 1 saturated heterocycles. The number of rotatable bonds is 12. The summed E-state index contributed by atoms with van der Waals surface area (Å²) in [4.78, 5) is 23.1. The molecular weight excluding hydrogens is 419 g/mol. The van der Waals surface area contributed by atoms with Crippen LogP contribution >= 0.6 is 0 Å². The second-order valence-electron chi connectivity index (χ2n) is 8.39. The zero-order valence-electron chi connectivity index (χ0n) is 18.1. The van der Waals surface area contributed by atoms with Crippen molar-refractivity contribution in [3.05, 3.63) is 42.2 Å². The number of carbonyl (C=O) groups excluding carboxylic acids is 1. The molecular formula is C24H31FO7. The second-order valence-corrected chi connectivity index (χ2v) is 8.39. The summed E-state index contributed by atoms with van der Waals surface area (Å²) in [6.45, 7) is 0.975. The van der Waals surface area contributed by atoms with E-state index in [0.29, 0.717) is 51.1 Å². The third-order valence-electron chi connectivity index (χ3n) is 6.09. The third-order valence-corrected chi connectivity index (χ3v) is 6.09. The summed E-state index contributed by atoms with van der Waals surface area (Å²) < 4.78 is 30.5. The van der Waals surface area contributed by atoms with Gasteiger partial charge in [-0.2, -0.15) is 0 Å². The first-order valence-corrected chi connectivity index (χ1v) is 11.1. The molecule has 32 heavy (non-hydrogen) atoms. The van der Waals surface area contributed by atoms with E-state index in [4.69, 9.17) is 19.3 Å². The lowest BCUT2D eigenvalue weighted by molar-refractivity contribution is -0.184. The highest BCUT2D eigenvalue weighted by molar-refractivity contribution is 5.84. The van der Waals surface area contributed by atoms with Crippen LogP contribution in [0.5, 0.6) is 5.75 Å². The van der Waals surface area contributed by atoms with E-state index in [2.05, 4.69) is 0 Å². The Balaban J connectivity index is 1.53. The zero-order valence-corrected chi connectivity index (χ0v) is 18.1. The Bertz CT molecular complexity index is 786. The summed E-state index contributed by atoms with van der Waals surface area (Å²) in [5.74, 6) is -2.08. The standard InChI is InChI=1S/C24H31FO7/c25-17-7-9-18(10-8-17)30-16-24(31-13-14-32-24)12-11-20-19(21(26)15-22(20)27)5-3-1-2-4-6-23(28)29/h1,3,7-10,19-21,26H,2,4-6,11-16H2,(H,28,29)/b3-1-/t19-,20-,21+/m1/s1. The SMILES string of the molecule is O=C(O)CCC/C=C\C[C@H]1[C@@H](O)CC(=O)[C@@H]1CCC1(COc2ccc(F)cc2)OCCO1. The van der Waals surface area contributed by atoms with Crippen molar-refractivity contribution in [3.8, 4) is 5.75 Å². The van der Waals surface area contributed by atoms with Crippen LogP contribution in [0.15, 0.2) is 36.4 Å². The normalized spacial score (nSPS) is 24.9. The second kappa shape index (κ2) is 11.5. The van der Waals surface area contributed by atoms with E-state index in [1.165, 1.54) is 24.3 Å². The minimum absolute atomic E-state index is 0.0365. The number of halogens is 1. The summed E-state index contributed by atoms with van der Waals surface area (Å²) in [6.07, 6.45) is 6.14. The Hall–Kier alpha value is -2.29. The van der Waals surface area contributed by atoms with Gasteiger partial charge in [-0.1, -0.05) is 12.2 Å². The lowest BCUT2D eigenvalue weighted by atomic mass is 9.86. The van der Waals surface area contributed by atoms with Crippen molar-refractivity contribution in [2.45, 2.75) is 56.8 Å². The number of aliphatic carboxylic acids is 1. The predicted octanol–water partition coefficient (Wildman–Crippen LogP) is 3.50. The number of aliphatic hydroxyl groups excluding tert-OH is 1. The minimum Gasteiger partial charge on any atom is -0.488 e. The molecule has 0 unspecified atom stereocenters. The summed E-state index contributed by atoms with van der Waals surface area (Å²) in [5, 5.41) is 19.1. The Kier molecular flexibility index (Phi) is 8.78. The van der Waals surface area contributed by atoms with Gasteiger partial charge in [0, 0.05) is 25.2 Å². The molecule has 0 amide bonds. The van der Waals surface area contributed by atoms with Crippen LogP contribution in [0.4, 0.5) is 4.39 Å². The first kappa shape index (κ1) is 24.4. The molecule has 3 rings (SSSR count). The predicted molar refractivity (Wildman–Crippen MR) is 114 cm³/mol. The van der Waals surface area contributed by atoms with Gasteiger partial charge in [0.2, 0.25) is 5.79 Å². The number of hydrogen-bond acceptors (Lipinski definition) is 6. The van der Waals surface area contributed by atoms with Gasteiger partial charge in [0.15, 0.2) is 0 Å². The summed E-state index contributed by atoms with van der Waals surface area (Å²) in [6, 6.07) is 5.70. The molecule has 0 radical (unpaired) electrons. The number of carboxylic acid groups (broad SMARTS) is 1. The maximum absolute atomic E-state index is 13.1. The van der Waals surface area contributed by atoms with Crippen LogP contribution in [0.3, 0.4) is 0 Å². The van der Waals surface area contributed by atoms with Crippen LogP contribution in [-0.4, -0.2) is 53.7 Å². The van der Waals surface area contributed by atoms with Gasteiger partial charge in [-0.3, -0.25) is 9.59 Å². The number of aliphatic hydroxyl groups is 1. The van der Waals surface area contributed by atoms with Gasteiger partial charge in [0.25, 0.3) is 0 Å². The number of allylic oxidation sites excluding steroid dienone is 2. The van der Waals surface area contributed by atoms with Crippen LogP contribution in [0.2, 0.25) is 0 Å². The highest BCUT2D eigenvalue weighted by atomic mass is 19.1. The van der Waals surface area contributed by atoms with E-state index in [-0.39, 0.29) is 42.9 Å². The van der Waals surface area contributed by atoms with E-state index < -0.39 is 17.9 Å². The Labute approximate surface area is 187 Å². The maximum atomic E-state index is 13.1. The van der Waals surface area contributed by atoms with Crippen molar-refractivity contribution in [1.29, 1.82) is 0 Å². The molecule has 8 heteroatoms. The van der Waals surface area contributed by atoms with E-state index in [1.54, 1.807) is 0 Å². The number of Topliss-reactive ketones (excluding diaryl/α,β-unsaturated/α-hetero) is 1. The number of hydrogen-bond donors (Lipinski definition) is 2. The van der Waals surface area contributed by atoms with Crippen molar-refractivity contribution in [3.63, 3.8) is 0 Å². The lowest BCUT2D eigenvalue weighted by Crippen LogP contribution is -2.38. The fourth-order valence-electron chi connectivity index (χ4n) is 4.35. The van der Waals surface area contributed by atoms with Crippen molar-refractivity contribution < 1.29 is 38.4 Å². The van der Waals surface area contributed by atoms with Gasteiger partial charge < -0.3 is 24.4 Å². The molecule has 1 aliphatic heterocycles. The van der Waals surface area contributed by atoms with Crippen LogP contribution in [-0.2, 0) is 19.1 Å². The molecule has 2 N–H and O–H groups in total. The molecule has 1 aliphatic carbocycles. The number of unbranched alkanes of at least 4 members (excludes halogenated alkanes) is 1.